The summed E-state index contributed by atoms with van der Waals surface area (Å²) in [6.07, 6.45) is 0. The number of hydrogen-bond donors (Lipinski definition) is 1. The Kier molecular flexibility index (Phi) is 4.82. The van der Waals surface area contributed by atoms with Crippen LogP contribution in [0.25, 0.3) is 0 Å². The molecule has 2 rings (SSSR count). The molecule has 0 heterocycles. The number of hydrogen-bond acceptors (Lipinski definition) is 3. The van der Waals surface area contributed by atoms with Gasteiger partial charge in [-0.3, -0.25) is 0 Å². The summed E-state index contributed by atoms with van der Waals surface area (Å²) in [7, 11) is 0. The van der Waals surface area contributed by atoms with Crippen molar-refractivity contribution in [3.05, 3.63) is 59.2 Å². The molecule has 21 heavy (non-hydrogen) atoms. The Morgan fingerprint density at radius 1 is 1.05 bits per heavy atom. The molecule has 4 nitrogen and oxygen atoms in total. The van der Waals surface area contributed by atoms with E-state index in [0.717, 1.165) is 11.3 Å². The molecule has 0 radical (unpaired) electrons. The fourth-order valence-corrected chi connectivity index (χ4v) is 2.02. The highest BCUT2D eigenvalue weighted by Gasteiger charge is 2.10. The van der Waals surface area contributed by atoms with Gasteiger partial charge in [-0.25, -0.2) is 4.79 Å². The second-order valence-electron chi connectivity index (χ2n) is 4.75. The number of ether oxygens (including phenoxy) is 2. The third kappa shape index (κ3) is 3.99. The summed E-state index contributed by atoms with van der Waals surface area (Å²) in [5, 5.41) is 9.06. The topological polar surface area (TPSA) is 55.8 Å². The fraction of sp³-hybridized carbons (Fsp3) is 0.235. The van der Waals surface area contributed by atoms with Gasteiger partial charge >= 0.3 is 5.97 Å². The van der Waals surface area contributed by atoms with Gasteiger partial charge in [0, 0.05) is 5.56 Å². The molecule has 0 amide bonds. The van der Waals surface area contributed by atoms with Crippen LogP contribution in [0, 0.1) is 13.8 Å². The molecule has 0 aliphatic rings. The first kappa shape index (κ1) is 14.9. The van der Waals surface area contributed by atoms with Crippen molar-refractivity contribution in [2.75, 3.05) is 13.2 Å². The minimum Gasteiger partial charge on any atom is -0.490 e. The summed E-state index contributed by atoms with van der Waals surface area (Å²) >= 11 is 0. The highest BCUT2D eigenvalue weighted by Crippen LogP contribution is 2.21. The van der Waals surface area contributed by atoms with Gasteiger partial charge in [0.1, 0.15) is 24.7 Å². The van der Waals surface area contributed by atoms with E-state index < -0.39 is 5.97 Å². The van der Waals surface area contributed by atoms with Crippen molar-refractivity contribution in [1.29, 1.82) is 0 Å². The molecular formula is C17H18O4. The van der Waals surface area contributed by atoms with Gasteiger partial charge in [-0.1, -0.05) is 18.2 Å². The van der Waals surface area contributed by atoms with Gasteiger partial charge < -0.3 is 14.6 Å². The SMILES string of the molecule is Cc1cccc(OCCOc2cccc(C(=O)O)c2C)c1. The maximum atomic E-state index is 11.0. The molecule has 0 atom stereocenters. The summed E-state index contributed by atoms with van der Waals surface area (Å²) in [5.41, 5.74) is 2.02. The normalized spacial score (nSPS) is 10.2. The molecule has 0 aliphatic heterocycles. The van der Waals surface area contributed by atoms with E-state index in [0.29, 0.717) is 24.5 Å². The zero-order valence-corrected chi connectivity index (χ0v) is 12.1. The van der Waals surface area contributed by atoms with Crippen LogP contribution in [-0.4, -0.2) is 24.3 Å². The van der Waals surface area contributed by atoms with Crippen LogP contribution in [0.15, 0.2) is 42.5 Å². The third-order valence-electron chi connectivity index (χ3n) is 3.11. The summed E-state index contributed by atoms with van der Waals surface area (Å²) < 4.78 is 11.2. The first-order valence-electron chi connectivity index (χ1n) is 6.73. The molecule has 110 valence electrons. The quantitative estimate of drug-likeness (QED) is 0.826. The Hall–Kier alpha value is -2.49. The van der Waals surface area contributed by atoms with Crippen molar-refractivity contribution in [1.82, 2.24) is 0 Å². The number of aromatic carboxylic acids is 1. The molecule has 0 bridgehead atoms. The molecule has 0 unspecified atom stereocenters. The number of carboxylic acids is 1. The summed E-state index contributed by atoms with van der Waals surface area (Å²) in [6.45, 7) is 4.50. The molecule has 2 aromatic rings. The molecule has 0 spiro atoms. The van der Waals surface area contributed by atoms with Gasteiger partial charge in [0.15, 0.2) is 0 Å². The first-order valence-corrected chi connectivity index (χ1v) is 6.73. The predicted octanol–water partition coefficient (Wildman–Crippen LogP) is 3.46. The summed E-state index contributed by atoms with van der Waals surface area (Å²) in [5.74, 6) is 0.423. The van der Waals surface area contributed by atoms with Crippen molar-refractivity contribution < 1.29 is 19.4 Å². The van der Waals surface area contributed by atoms with Gasteiger partial charge in [0.05, 0.1) is 5.56 Å². The Bertz CT molecular complexity index is 634. The summed E-state index contributed by atoms with van der Waals surface area (Å²) in [6, 6.07) is 12.8. The second-order valence-corrected chi connectivity index (χ2v) is 4.75. The van der Waals surface area contributed by atoms with E-state index in [-0.39, 0.29) is 5.56 Å². The summed E-state index contributed by atoms with van der Waals surface area (Å²) in [4.78, 5) is 11.0. The van der Waals surface area contributed by atoms with E-state index in [4.69, 9.17) is 14.6 Å². The predicted molar refractivity (Wildman–Crippen MR) is 80.3 cm³/mol. The van der Waals surface area contributed by atoms with Crippen LogP contribution >= 0.6 is 0 Å². The van der Waals surface area contributed by atoms with Crippen LogP contribution < -0.4 is 9.47 Å². The Labute approximate surface area is 123 Å². The largest absolute Gasteiger partial charge is 0.490 e. The Morgan fingerprint density at radius 3 is 2.48 bits per heavy atom. The zero-order valence-electron chi connectivity index (χ0n) is 12.1. The lowest BCUT2D eigenvalue weighted by Crippen LogP contribution is -2.10. The number of carbonyl (C=O) groups is 1. The minimum absolute atomic E-state index is 0.257. The van der Waals surface area contributed by atoms with Crippen LogP contribution in [0.2, 0.25) is 0 Å². The maximum Gasteiger partial charge on any atom is 0.336 e. The molecule has 0 saturated heterocycles. The van der Waals surface area contributed by atoms with Crippen molar-refractivity contribution in [3.8, 4) is 11.5 Å². The Balaban J connectivity index is 1.89. The van der Waals surface area contributed by atoms with E-state index in [1.807, 2.05) is 31.2 Å². The van der Waals surface area contributed by atoms with E-state index in [9.17, 15) is 4.79 Å². The van der Waals surface area contributed by atoms with Crippen LogP contribution in [0.1, 0.15) is 21.5 Å². The number of rotatable bonds is 6. The van der Waals surface area contributed by atoms with Crippen LogP contribution in [0.3, 0.4) is 0 Å². The van der Waals surface area contributed by atoms with Gasteiger partial charge in [0.25, 0.3) is 0 Å². The van der Waals surface area contributed by atoms with E-state index in [1.54, 1.807) is 25.1 Å². The molecule has 1 N–H and O–H groups in total. The lowest BCUT2D eigenvalue weighted by molar-refractivity contribution is 0.0695. The molecule has 0 saturated carbocycles. The molecule has 0 aliphatic carbocycles. The number of aryl methyl sites for hydroxylation is 1. The number of carboxylic acid groups (broad SMARTS) is 1. The van der Waals surface area contributed by atoms with E-state index in [2.05, 4.69) is 0 Å². The molecule has 4 heteroatoms. The number of benzene rings is 2. The van der Waals surface area contributed by atoms with Crippen molar-refractivity contribution in [3.63, 3.8) is 0 Å². The van der Waals surface area contributed by atoms with Crippen molar-refractivity contribution in [2.24, 2.45) is 0 Å². The van der Waals surface area contributed by atoms with Crippen LogP contribution in [0.4, 0.5) is 0 Å². The van der Waals surface area contributed by atoms with Crippen LogP contribution in [0.5, 0.6) is 11.5 Å². The molecule has 0 fully saturated rings. The standard InChI is InChI=1S/C17H18O4/c1-12-5-3-6-14(11-12)20-9-10-21-16-8-4-7-15(13(16)2)17(18)19/h3-8,11H,9-10H2,1-2H3,(H,18,19). The van der Waals surface area contributed by atoms with Crippen molar-refractivity contribution in [2.45, 2.75) is 13.8 Å². The van der Waals surface area contributed by atoms with Gasteiger partial charge in [-0.2, -0.15) is 0 Å². The smallest absolute Gasteiger partial charge is 0.336 e. The third-order valence-corrected chi connectivity index (χ3v) is 3.11. The Morgan fingerprint density at radius 2 is 1.76 bits per heavy atom. The van der Waals surface area contributed by atoms with Crippen molar-refractivity contribution >= 4 is 5.97 Å². The maximum absolute atomic E-state index is 11.0. The van der Waals surface area contributed by atoms with Gasteiger partial charge in [-0.15, -0.1) is 0 Å². The van der Waals surface area contributed by atoms with Crippen LogP contribution in [-0.2, 0) is 0 Å². The van der Waals surface area contributed by atoms with Gasteiger partial charge in [-0.05, 0) is 43.7 Å². The second kappa shape index (κ2) is 6.79. The monoisotopic (exact) mass is 286 g/mol. The fourth-order valence-electron chi connectivity index (χ4n) is 2.02. The lowest BCUT2D eigenvalue weighted by Gasteiger charge is -2.12. The molecule has 0 aromatic heterocycles. The first-order chi connectivity index (χ1) is 10.1. The molecular weight excluding hydrogens is 268 g/mol. The minimum atomic E-state index is -0.950. The molecule has 2 aromatic carbocycles. The van der Waals surface area contributed by atoms with Gasteiger partial charge in [0.2, 0.25) is 0 Å². The van der Waals surface area contributed by atoms with E-state index in [1.165, 1.54) is 0 Å². The highest BCUT2D eigenvalue weighted by atomic mass is 16.5. The zero-order chi connectivity index (χ0) is 15.2. The average Bonchev–Trinajstić information content (AvgIpc) is 2.45. The lowest BCUT2D eigenvalue weighted by atomic mass is 10.1. The van der Waals surface area contributed by atoms with E-state index >= 15 is 0 Å². The highest BCUT2D eigenvalue weighted by molar-refractivity contribution is 5.90. The average molecular weight is 286 g/mol.